The van der Waals surface area contributed by atoms with Gasteiger partial charge in [0.1, 0.15) is 11.4 Å². The van der Waals surface area contributed by atoms with E-state index in [2.05, 4.69) is 9.88 Å². The molecule has 1 aromatic heterocycles. The second kappa shape index (κ2) is 13.8. The molecule has 0 saturated carbocycles. The molecular formula is C30H41F3N4O5S. The molecule has 43 heavy (non-hydrogen) atoms. The molecule has 2 aliphatic heterocycles. The van der Waals surface area contributed by atoms with Crippen molar-refractivity contribution in [3.05, 3.63) is 53.7 Å². The van der Waals surface area contributed by atoms with Crippen molar-refractivity contribution in [3.63, 3.8) is 0 Å². The number of carbonyl (C=O) groups is 1. The lowest BCUT2D eigenvalue weighted by Gasteiger charge is -2.35. The van der Waals surface area contributed by atoms with Crippen LogP contribution in [0, 0.1) is 5.92 Å². The number of pyridine rings is 1. The molecule has 0 bridgehead atoms. The van der Waals surface area contributed by atoms with Crippen molar-refractivity contribution in [2.24, 2.45) is 5.92 Å². The minimum absolute atomic E-state index is 0.0978. The first-order valence-corrected chi connectivity index (χ1v) is 16.2. The van der Waals surface area contributed by atoms with Crippen LogP contribution in [0.5, 0.6) is 0 Å². The third-order valence-electron chi connectivity index (χ3n) is 7.67. The van der Waals surface area contributed by atoms with Gasteiger partial charge < -0.3 is 19.3 Å². The molecule has 2 fully saturated rings. The van der Waals surface area contributed by atoms with E-state index in [9.17, 15) is 26.4 Å². The zero-order valence-corrected chi connectivity index (χ0v) is 25.8. The second-order valence-electron chi connectivity index (χ2n) is 12.0. The number of esters is 1. The Morgan fingerprint density at radius 3 is 2.19 bits per heavy atom. The number of piperazine rings is 1. The van der Waals surface area contributed by atoms with Crippen LogP contribution in [-0.2, 0) is 25.7 Å². The number of halogens is 3. The van der Waals surface area contributed by atoms with Crippen LogP contribution in [0.2, 0.25) is 0 Å². The molecule has 13 heteroatoms. The first-order chi connectivity index (χ1) is 20.2. The van der Waals surface area contributed by atoms with E-state index in [1.807, 2.05) is 32.9 Å². The number of rotatable bonds is 10. The van der Waals surface area contributed by atoms with Gasteiger partial charge in [-0.15, -0.1) is 0 Å². The number of benzene rings is 1. The number of aromatic nitrogens is 1. The molecule has 2 aromatic rings. The Balaban J connectivity index is 1.12. The van der Waals surface area contributed by atoms with Gasteiger partial charge in [0.05, 0.1) is 23.5 Å². The fraction of sp³-hybridized carbons (Fsp3) is 0.600. The highest BCUT2D eigenvalue weighted by molar-refractivity contribution is 7.89. The molecule has 3 heterocycles. The fourth-order valence-electron chi connectivity index (χ4n) is 5.23. The largest absolute Gasteiger partial charge is 0.456 e. The Morgan fingerprint density at radius 1 is 0.930 bits per heavy atom. The smallest absolute Gasteiger partial charge is 0.416 e. The average molecular weight is 627 g/mol. The first kappa shape index (κ1) is 33.0. The fourth-order valence-corrected chi connectivity index (χ4v) is 6.54. The highest BCUT2D eigenvalue weighted by Gasteiger charge is 2.32. The van der Waals surface area contributed by atoms with Crippen molar-refractivity contribution in [2.75, 3.05) is 68.0 Å². The van der Waals surface area contributed by atoms with Crippen molar-refractivity contribution in [1.82, 2.24) is 9.29 Å². The molecule has 238 valence electrons. The highest BCUT2D eigenvalue weighted by Crippen LogP contribution is 2.31. The molecule has 0 spiro atoms. The number of hydrogen-bond donors (Lipinski definition) is 0. The van der Waals surface area contributed by atoms with Crippen LogP contribution in [-0.4, -0.2) is 87.5 Å². The van der Waals surface area contributed by atoms with Gasteiger partial charge in [-0.2, -0.15) is 17.5 Å². The molecular weight excluding hydrogens is 585 g/mol. The summed E-state index contributed by atoms with van der Waals surface area (Å²) in [5, 5.41) is 0. The van der Waals surface area contributed by atoms with Crippen molar-refractivity contribution < 1.29 is 35.9 Å². The summed E-state index contributed by atoms with van der Waals surface area (Å²) in [5.41, 5.74) is 0.285. The Labute approximate surface area is 252 Å². The van der Waals surface area contributed by atoms with Crippen LogP contribution in [0.4, 0.5) is 24.7 Å². The Hall–Kier alpha value is -2.90. The number of alkyl halides is 3. The Kier molecular flexibility index (Phi) is 10.6. The quantitative estimate of drug-likeness (QED) is 0.274. The van der Waals surface area contributed by atoms with Gasteiger partial charge in [0, 0.05) is 57.8 Å². The molecule has 0 atom stereocenters. The summed E-state index contributed by atoms with van der Waals surface area (Å²) in [6.07, 6.45) is -0.483. The zero-order chi connectivity index (χ0) is 31.3. The molecule has 0 aliphatic carbocycles. The van der Waals surface area contributed by atoms with Crippen LogP contribution >= 0.6 is 0 Å². The number of ether oxygens (including phenoxy) is 2. The van der Waals surface area contributed by atoms with E-state index < -0.39 is 27.4 Å². The number of hydrogen-bond acceptors (Lipinski definition) is 8. The molecule has 0 amide bonds. The summed E-state index contributed by atoms with van der Waals surface area (Å²) in [7, 11) is -3.54. The lowest BCUT2D eigenvalue weighted by Crippen LogP contribution is -2.49. The molecule has 1 aromatic carbocycles. The topological polar surface area (TPSA) is 92.3 Å². The van der Waals surface area contributed by atoms with Gasteiger partial charge in [-0.05, 0) is 82.3 Å². The Bertz CT molecular complexity index is 1320. The number of sulfonamides is 1. The van der Waals surface area contributed by atoms with Gasteiger partial charge in [0.25, 0.3) is 0 Å². The summed E-state index contributed by atoms with van der Waals surface area (Å²) >= 11 is 0. The van der Waals surface area contributed by atoms with Gasteiger partial charge in [-0.1, -0.05) is 0 Å². The summed E-state index contributed by atoms with van der Waals surface area (Å²) in [6, 6.07) is 9.40. The molecule has 9 nitrogen and oxygen atoms in total. The normalized spacial score (nSPS) is 17.7. The summed E-state index contributed by atoms with van der Waals surface area (Å²) in [6.45, 7) is 8.80. The van der Waals surface area contributed by atoms with Crippen molar-refractivity contribution in [1.29, 1.82) is 0 Å². The van der Waals surface area contributed by atoms with E-state index in [1.165, 1.54) is 4.31 Å². The standard InChI is InChI=1S/C30H41F3N4O5S/c1-29(2,3)42-28(38)24-4-6-26(7-5-24)35-13-9-23(10-14-35)11-19-41-20-21-43(39,40)37-17-15-36(16-18-37)27-22-25(8-12-34-27)30(31,32)33/h4-8,12,22-23H,9-11,13-21H2,1-3H3. The first-order valence-electron chi connectivity index (χ1n) is 14.6. The molecule has 0 radical (unpaired) electrons. The van der Waals surface area contributed by atoms with Crippen molar-refractivity contribution >= 4 is 27.5 Å². The predicted molar refractivity (Wildman–Crippen MR) is 159 cm³/mol. The summed E-state index contributed by atoms with van der Waals surface area (Å²) in [4.78, 5) is 20.2. The third-order valence-corrected chi connectivity index (χ3v) is 9.50. The van der Waals surface area contributed by atoms with Crippen molar-refractivity contribution in [3.8, 4) is 0 Å². The maximum atomic E-state index is 13.0. The van der Waals surface area contributed by atoms with Crippen LogP contribution in [0.25, 0.3) is 0 Å². The monoisotopic (exact) mass is 626 g/mol. The van der Waals surface area contributed by atoms with E-state index in [1.54, 1.807) is 17.0 Å². The second-order valence-corrected chi connectivity index (χ2v) is 14.1. The molecule has 2 aliphatic rings. The van der Waals surface area contributed by atoms with Gasteiger partial charge in [-0.3, -0.25) is 0 Å². The maximum Gasteiger partial charge on any atom is 0.416 e. The van der Waals surface area contributed by atoms with E-state index in [-0.39, 0.29) is 50.3 Å². The highest BCUT2D eigenvalue weighted by atomic mass is 32.2. The van der Waals surface area contributed by atoms with Gasteiger partial charge >= 0.3 is 12.1 Å². The van der Waals surface area contributed by atoms with E-state index in [0.29, 0.717) is 18.1 Å². The van der Waals surface area contributed by atoms with Gasteiger partial charge in [-0.25, -0.2) is 18.2 Å². The van der Waals surface area contributed by atoms with Gasteiger partial charge in [0.2, 0.25) is 10.0 Å². The SMILES string of the molecule is CC(C)(C)OC(=O)c1ccc(N2CCC(CCOCCS(=O)(=O)N3CCN(c4cc(C(F)(F)F)ccn4)CC3)CC2)cc1. The Morgan fingerprint density at radius 2 is 1.58 bits per heavy atom. The zero-order valence-electron chi connectivity index (χ0n) is 25.0. The van der Waals surface area contributed by atoms with Crippen LogP contribution in [0.15, 0.2) is 42.6 Å². The summed E-state index contributed by atoms with van der Waals surface area (Å²) in [5.74, 6) is 0.218. The number of carbonyl (C=O) groups excluding carboxylic acids is 1. The number of piperidine rings is 1. The van der Waals surface area contributed by atoms with Crippen LogP contribution in [0.3, 0.4) is 0 Å². The molecule has 4 rings (SSSR count). The molecule has 2 saturated heterocycles. The third kappa shape index (κ3) is 9.54. The number of nitrogens with zero attached hydrogens (tertiary/aromatic N) is 4. The lowest BCUT2D eigenvalue weighted by atomic mass is 9.93. The molecule has 0 N–H and O–H groups in total. The van der Waals surface area contributed by atoms with Crippen LogP contribution in [0.1, 0.15) is 56.0 Å². The predicted octanol–water partition coefficient (Wildman–Crippen LogP) is 4.83. The van der Waals surface area contributed by atoms with E-state index in [0.717, 1.165) is 56.4 Å². The average Bonchev–Trinajstić information content (AvgIpc) is 2.96. The lowest BCUT2D eigenvalue weighted by molar-refractivity contribution is -0.137. The molecule has 0 unspecified atom stereocenters. The minimum atomic E-state index is -4.46. The van der Waals surface area contributed by atoms with E-state index in [4.69, 9.17) is 9.47 Å². The minimum Gasteiger partial charge on any atom is -0.456 e. The van der Waals surface area contributed by atoms with Gasteiger partial charge in [0.15, 0.2) is 0 Å². The van der Waals surface area contributed by atoms with Crippen LogP contribution < -0.4 is 9.80 Å². The van der Waals surface area contributed by atoms with E-state index >= 15 is 0 Å². The van der Waals surface area contributed by atoms with Crippen molar-refractivity contribution in [2.45, 2.75) is 51.8 Å². The summed E-state index contributed by atoms with van der Waals surface area (Å²) < 4.78 is 77.1. The number of anilines is 2. The maximum absolute atomic E-state index is 13.0.